The molecule has 0 amide bonds. The van der Waals surface area contributed by atoms with Crippen LogP contribution in [0.25, 0.3) is 0 Å². The number of rotatable bonds is 1. The van der Waals surface area contributed by atoms with Gasteiger partial charge in [-0.25, -0.2) is 0 Å². The van der Waals surface area contributed by atoms with Crippen LogP contribution in [0.4, 0.5) is 0 Å². The lowest BCUT2D eigenvalue weighted by Gasteiger charge is -2.60. The van der Waals surface area contributed by atoms with Gasteiger partial charge in [0.05, 0.1) is 6.10 Å². The third-order valence-corrected chi connectivity index (χ3v) is 4.40. The van der Waals surface area contributed by atoms with Crippen LogP contribution < -0.4 is 0 Å². The second kappa shape index (κ2) is 3.40. The quantitative estimate of drug-likeness (QED) is 0.596. The molecule has 5 nitrogen and oxygen atoms in total. The minimum absolute atomic E-state index is 0.673. The number of methoxy groups -OCH3 is 1. The van der Waals surface area contributed by atoms with Crippen molar-refractivity contribution in [2.24, 2.45) is 0 Å². The van der Waals surface area contributed by atoms with E-state index >= 15 is 0 Å². The molecule has 0 spiro atoms. The first-order valence-corrected chi connectivity index (χ1v) is 5.34. The van der Waals surface area contributed by atoms with Gasteiger partial charge in [-0.05, 0) is 34.6 Å². The summed E-state index contributed by atoms with van der Waals surface area (Å²) in [6.45, 7) is 7.36. The zero-order valence-electron chi connectivity index (χ0n) is 10.7. The number of aliphatic hydroxyl groups is 3. The highest BCUT2D eigenvalue weighted by Gasteiger charge is 2.69. The first-order chi connectivity index (χ1) is 6.94. The van der Waals surface area contributed by atoms with Gasteiger partial charge < -0.3 is 24.8 Å². The molecule has 0 bridgehead atoms. The summed E-state index contributed by atoms with van der Waals surface area (Å²) < 4.78 is 10.7. The van der Waals surface area contributed by atoms with Crippen LogP contribution in [0.5, 0.6) is 0 Å². The van der Waals surface area contributed by atoms with E-state index in [0.717, 1.165) is 0 Å². The Balaban J connectivity index is 3.32. The average Bonchev–Trinajstić information content (AvgIpc) is 2.14. The Morgan fingerprint density at radius 2 is 1.44 bits per heavy atom. The highest BCUT2D eigenvalue weighted by Crippen LogP contribution is 2.49. The van der Waals surface area contributed by atoms with Gasteiger partial charge in [0.15, 0.2) is 5.79 Å². The van der Waals surface area contributed by atoms with Crippen molar-refractivity contribution in [1.29, 1.82) is 0 Å². The molecule has 0 aromatic heterocycles. The fraction of sp³-hybridized carbons (Fsp3) is 1.00. The minimum Gasteiger partial charge on any atom is -0.384 e. The Hall–Kier alpha value is -0.200. The lowest BCUT2D eigenvalue weighted by molar-refractivity contribution is -0.424. The molecule has 1 aliphatic heterocycles. The van der Waals surface area contributed by atoms with Crippen molar-refractivity contribution < 1.29 is 24.8 Å². The minimum atomic E-state index is -1.76. The molecule has 0 aromatic carbocycles. The van der Waals surface area contributed by atoms with Crippen molar-refractivity contribution in [3.8, 4) is 0 Å². The predicted octanol–water partition coefficient (Wildman–Crippen LogP) is 0.0207. The van der Waals surface area contributed by atoms with Crippen molar-refractivity contribution in [2.75, 3.05) is 7.11 Å². The summed E-state index contributed by atoms with van der Waals surface area (Å²) in [7, 11) is 1.39. The molecule has 5 atom stereocenters. The zero-order chi connectivity index (χ0) is 13.0. The van der Waals surface area contributed by atoms with Gasteiger partial charge in [-0.3, -0.25) is 0 Å². The standard InChI is InChI=1S/C11H22O5/c1-7-8(2,12)9(3,13)10(4,14)11(5,15-6)16-7/h7,12-14H,1-6H3/t7-,8-,9-,10+,11-/m0/s1. The van der Waals surface area contributed by atoms with Gasteiger partial charge in [-0.2, -0.15) is 0 Å². The van der Waals surface area contributed by atoms with E-state index in [1.807, 2.05) is 0 Å². The Morgan fingerprint density at radius 1 is 1.00 bits per heavy atom. The van der Waals surface area contributed by atoms with Crippen LogP contribution in [0.2, 0.25) is 0 Å². The molecule has 96 valence electrons. The molecule has 0 saturated carbocycles. The van der Waals surface area contributed by atoms with Crippen LogP contribution in [0.3, 0.4) is 0 Å². The summed E-state index contributed by atoms with van der Waals surface area (Å²) in [6.07, 6.45) is -0.673. The summed E-state index contributed by atoms with van der Waals surface area (Å²) in [5, 5.41) is 31.1. The molecule has 5 heteroatoms. The molecule has 0 aromatic rings. The van der Waals surface area contributed by atoms with Crippen molar-refractivity contribution in [3.05, 3.63) is 0 Å². The van der Waals surface area contributed by atoms with Crippen molar-refractivity contribution in [3.63, 3.8) is 0 Å². The molecule has 3 N–H and O–H groups in total. The Labute approximate surface area is 96.0 Å². The molecule has 1 aliphatic rings. The summed E-state index contributed by atoms with van der Waals surface area (Å²) in [6, 6.07) is 0. The Bertz CT molecular complexity index is 278. The van der Waals surface area contributed by atoms with Crippen molar-refractivity contribution in [2.45, 2.75) is 63.3 Å². The molecule has 0 unspecified atom stereocenters. The van der Waals surface area contributed by atoms with Crippen LogP contribution in [-0.2, 0) is 9.47 Å². The van der Waals surface area contributed by atoms with Crippen LogP contribution in [0, 0.1) is 0 Å². The maximum absolute atomic E-state index is 10.4. The van der Waals surface area contributed by atoms with Gasteiger partial charge >= 0.3 is 0 Å². The average molecular weight is 234 g/mol. The van der Waals surface area contributed by atoms with E-state index < -0.39 is 28.7 Å². The lowest BCUT2D eigenvalue weighted by Crippen LogP contribution is -2.80. The van der Waals surface area contributed by atoms with Gasteiger partial charge in [-0.1, -0.05) is 0 Å². The topological polar surface area (TPSA) is 79.2 Å². The van der Waals surface area contributed by atoms with Crippen LogP contribution >= 0.6 is 0 Å². The third-order valence-electron chi connectivity index (χ3n) is 4.40. The van der Waals surface area contributed by atoms with E-state index in [4.69, 9.17) is 9.47 Å². The maximum atomic E-state index is 10.4. The zero-order valence-corrected chi connectivity index (χ0v) is 10.7. The molecule has 1 heterocycles. The lowest BCUT2D eigenvalue weighted by atomic mass is 9.65. The smallest absolute Gasteiger partial charge is 0.197 e. The highest BCUT2D eigenvalue weighted by molar-refractivity contribution is 5.16. The van der Waals surface area contributed by atoms with E-state index in [0.29, 0.717) is 0 Å². The Morgan fingerprint density at radius 3 is 1.81 bits per heavy atom. The van der Waals surface area contributed by atoms with Gasteiger partial charge in [0.1, 0.15) is 16.8 Å². The normalized spacial score (nSPS) is 58.7. The monoisotopic (exact) mass is 234 g/mol. The molecular formula is C11H22O5. The Kier molecular flexibility index (Phi) is 2.94. The second-order valence-corrected chi connectivity index (χ2v) is 5.20. The van der Waals surface area contributed by atoms with Crippen molar-refractivity contribution >= 4 is 0 Å². The van der Waals surface area contributed by atoms with E-state index in [2.05, 4.69) is 0 Å². The maximum Gasteiger partial charge on any atom is 0.197 e. The summed E-state index contributed by atoms with van der Waals surface area (Å²) in [4.78, 5) is 0. The molecule has 0 radical (unpaired) electrons. The number of hydrogen-bond acceptors (Lipinski definition) is 5. The molecule has 16 heavy (non-hydrogen) atoms. The number of hydrogen-bond donors (Lipinski definition) is 3. The molecule has 0 aliphatic carbocycles. The van der Waals surface area contributed by atoms with E-state index in [9.17, 15) is 15.3 Å². The van der Waals surface area contributed by atoms with Crippen molar-refractivity contribution in [1.82, 2.24) is 0 Å². The summed E-state index contributed by atoms with van der Waals surface area (Å²) in [5.41, 5.74) is -5.08. The third kappa shape index (κ3) is 1.36. The highest BCUT2D eigenvalue weighted by atomic mass is 16.7. The molecule has 1 fully saturated rings. The first-order valence-electron chi connectivity index (χ1n) is 5.34. The molecule has 1 saturated heterocycles. The summed E-state index contributed by atoms with van der Waals surface area (Å²) in [5.74, 6) is -1.38. The molecular weight excluding hydrogens is 212 g/mol. The van der Waals surface area contributed by atoms with Gasteiger partial charge in [-0.15, -0.1) is 0 Å². The number of ether oxygens (including phenoxy) is 2. The van der Waals surface area contributed by atoms with E-state index in [-0.39, 0.29) is 0 Å². The fourth-order valence-electron chi connectivity index (χ4n) is 2.14. The van der Waals surface area contributed by atoms with Crippen LogP contribution in [-0.4, -0.2) is 51.1 Å². The van der Waals surface area contributed by atoms with E-state index in [1.54, 1.807) is 6.92 Å². The fourth-order valence-corrected chi connectivity index (χ4v) is 2.14. The SMILES string of the molecule is CO[C@@]1(C)O[C@@H](C)[C@](C)(O)[C@](C)(O)[C@@]1(C)O. The second-order valence-electron chi connectivity index (χ2n) is 5.20. The van der Waals surface area contributed by atoms with Gasteiger partial charge in [0.2, 0.25) is 0 Å². The van der Waals surface area contributed by atoms with Crippen LogP contribution in [0.15, 0.2) is 0 Å². The van der Waals surface area contributed by atoms with Gasteiger partial charge in [0.25, 0.3) is 0 Å². The first kappa shape index (κ1) is 13.9. The summed E-state index contributed by atoms with van der Waals surface area (Å²) >= 11 is 0. The predicted molar refractivity (Wildman–Crippen MR) is 57.8 cm³/mol. The van der Waals surface area contributed by atoms with E-state index in [1.165, 1.54) is 34.8 Å². The van der Waals surface area contributed by atoms with Gasteiger partial charge in [0, 0.05) is 7.11 Å². The molecule has 1 rings (SSSR count). The van der Waals surface area contributed by atoms with Crippen LogP contribution in [0.1, 0.15) is 34.6 Å². The largest absolute Gasteiger partial charge is 0.384 e.